The van der Waals surface area contributed by atoms with Crippen molar-refractivity contribution in [1.29, 1.82) is 0 Å². The zero-order chi connectivity index (χ0) is 16.9. The Morgan fingerprint density at radius 2 is 1.96 bits per heavy atom. The summed E-state index contributed by atoms with van der Waals surface area (Å²) >= 11 is 0. The highest BCUT2D eigenvalue weighted by Crippen LogP contribution is 2.44. The average Bonchev–Trinajstić information content (AvgIpc) is 3.29. The van der Waals surface area contributed by atoms with Gasteiger partial charge in [0.15, 0.2) is 0 Å². The van der Waals surface area contributed by atoms with Gasteiger partial charge < -0.3 is 10.2 Å². The molecular formula is C22H24N2O. The molecule has 0 radical (unpaired) electrons. The Bertz CT molecular complexity index is 850. The van der Waals surface area contributed by atoms with Gasteiger partial charge in [-0.15, -0.1) is 0 Å². The molecule has 128 valence electrons. The first kappa shape index (κ1) is 15.2. The molecule has 1 aliphatic carbocycles. The Morgan fingerprint density at radius 3 is 2.80 bits per heavy atom. The second-order valence-electron chi connectivity index (χ2n) is 7.89. The van der Waals surface area contributed by atoms with Crippen molar-refractivity contribution in [3.8, 4) is 0 Å². The number of benzene rings is 2. The Labute approximate surface area is 148 Å². The Kier molecular flexibility index (Phi) is 3.46. The van der Waals surface area contributed by atoms with Crippen LogP contribution in [0.2, 0.25) is 0 Å². The van der Waals surface area contributed by atoms with Crippen LogP contribution >= 0.6 is 0 Å². The zero-order valence-electron chi connectivity index (χ0n) is 14.5. The van der Waals surface area contributed by atoms with Crippen LogP contribution in [0.3, 0.4) is 0 Å². The van der Waals surface area contributed by atoms with Crippen LogP contribution in [0.1, 0.15) is 31.2 Å². The molecule has 2 aromatic carbocycles. The predicted octanol–water partition coefficient (Wildman–Crippen LogP) is 3.60. The molecule has 3 aliphatic rings. The topological polar surface area (TPSA) is 32.3 Å². The summed E-state index contributed by atoms with van der Waals surface area (Å²) in [4.78, 5) is 14.9. The van der Waals surface area contributed by atoms with E-state index in [4.69, 9.17) is 0 Å². The van der Waals surface area contributed by atoms with Gasteiger partial charge in [-0.3, -0.25) is 4.79 Å². The summed E-state index contributed by atoms with van der Waals surface area (Å²) in [5.74, 6) is 0.580. The fourth-order valence-corrected chi connectivity index (χ4v) is 4.96. The molecule has 2 fully saturated rings. The van der Waals surface area contributed by atoms with E-state index in [9.17, 15) is 4.79 Å². The fourth-order valence-electron chi connectivity index (χ4n) is 4.96. The number of fused-ring (bicyclic) bond motifs is 1. The third kappa shape index (κ3) is 2.49. The highest BCUT2D eigenvalue weighted by atomic mass is 16.2. The number of nitrogens with zero attached hydrogens (tertiary/aromatic N) is 1. The molecule has 0 unspecified atom stereocenters. The molecule has 3 heteroatoms. The largest absolute Gasteiger partial charge is 0.334 e. The number of rotatable bonds is 2. The molecule has 1 saturated carbocycles. The Hall–Kier alpha value is -2.13. The molecule has 2 aliphatic heterocycles. The number of nitrogens with one attached hydrogen (secondary N) is 1. The lowest BCUT2D eigenvalue weighted by molar-refractivity contribution is -0.139. The summed E-state index contributed by atoms with van der Waals surface area (Å²) in [5.41, 5.74) is 2.86. The third-order valence-electron chi connectivity index (χ3n) is 6.32. The molecule has 2 aromatic rings. The normalized spacial score (nSPS) is 28.4. The van der Waals surface area contributed by atoms with E-state index >= 15 is 0 Å². The van der Waals surface area contributed by atoms with Crippen LogP contribution in [0.4, 0.5) is 0 Å². The van der Waals surface area contributed by atoms with E-state index in [0.29, 0.717) is 11.4 Å². The van der Waals surface area contributed by atoms with Gasteiger partial charge in [-0.2, -0.15) is 0 Å². The summed E-state index contributed by atoms with van der Waals surface area (Å²) in [6.07, 6.45) is 6.81. The molecule has 1 amide bonds. The van der Waals surface area contributed by atoms with E-state index in [0.717, 1.165) is 32.5 Å². The molecule has 0 bridgehead atoms. The summed E-state index contributed by atoms with van der Waals surface area (Å²) in [6.45, 7) is 2.63. The highest BCUT2D eigenvalue weighted by Gasteiger charge is 2.49. The lowest BCUT2D eigenvalue weighted by Crippen LogP contribution is -2.55. The van der Waals surface area contributed by atoms with Gasteiger partial charge in [-0.05, 0) is 54.1 Å². The van der Waals surface area contributed by atoms with E-state index in [1.165, 1.54) is 34.8 Å². The first-order valence-electron chi connectivity index (χ1n) is 9.45. The quantitative estimate of drug-likeness (QED) is 0.911. The number of hydrogen-bond donors (Lipinski definition) is 1. The molecule has 1 saturated heterocycles. The standard InChI is InChI=1S/C22H24N2O/c25-21(18-13-22(14-18)10-4-11-23-22)24-12-9-17(15-24)20-8-3-6-16-5-1-2-7-19(16)20/h1-3,5-9,18,23H,4,10-15H2. The van der Waals surface area contributed by atoms with E-state index in [1.54, 1.807) is 0 Å². The second kappa shape index (κ2) is 5.70. The Morgan fingerprint density at radius 1 is 1.12 bits per heavy atom. The van der Waals surface area contributed by atoms with Crippen molar-refractivity contribution in [3.05, 3.63) is 54.1 Å². The molecule has 2 heterocycles. The first-order chi connectivity index (χ1) is 12.2. The van der Waals surface area contributed by atoms with E-state index in [2.05, 4.69) is 53.9 Å². The van der Waals surface area contributed by atoms with Crippen molar-refractivity contribution >= 4 is 22.3 Å². The number of amides is 1. The fraction of sp³-hybridized carbons (Fsp3) is 0.409. The maximum atomic E-state index is 12.9. The Balaban J connectivity index is 1.30. The van der Waals surface area contributed by atoms with Gasteiger partial charge >= 0.3 is 0 Å². The molecular weight excluding hydrogens is 308 g/mol. The van der Waals surface area contributed by atoms with Crippen LogP contribution < -0.4 is 5.32 Å². The third-order valence-corrected chi connectivity index (χ3v) is 6.32. The summed E-state index contributed by atoms with van der Waals surface area (Å²) in [6, 6.07) is 14.9. The van der Waals surface area contributed by atoms with Crippen molar-refractivity contribution < 1.29 is 4.79 Å². The maximum absolute atomic E-state index is 12.9. The minimum atomic E-state index is 0.228. The lowest BCUT2D eigenvalue weighted by atomic mass is 9.67. The van der Waals surface area contributed by atoms with Gasteiger partial charge in [0.05, 0.1) is 0 Å². The minimum absolute atomic E-state index is 0.228. The van der Waals surface area contributed by atoms with Gasteiger partial charge in [0.1, 0.15) is 0 Å². The molecule has 1 N–H and O–H groups in total. The van der Waals surface area contributed by atoms with Crippen LogP contribution in [-0.2, 0) is 4.79 Å². The summed E-state index contributed by atoms with van der Waals surface area (Å²) in [5, 5.41) is 6.16. The van der Waals surface area contributed by atoms with E-state index in [-0.39, 0.29) is 5.92 Å². The van der Waals surface area contributed by atoms with Gasteiger partial charge in [0, 0.05) is 24.5 Å². The molecule has 5 rings (SSSR count). The molecule has 0 atom stereocenters. The minimum Gasteiger partial charge on any atom is -0.334 e. The first-order valence-corrected chi connectivity index (χ1v) is 9.45. The van der Waals surface area contributed by atoms with Crippen LogP contribution in [0, 0.1) is 5.92 Å². The maximum Gasteiger partial charge on any atom is 0.226 e. The van der Waals surface area contributed by atoms with Gasteiger partial charge in [-0.1, -0.05) is 48.5 Å². The molecule has 25 heavy (non-hydrogen) atoms. The SMILES string of the molecule is O=C(C1CC2(CCCN2)C1)N1CC=C(c2cccc3ccccc23)C1. The smallest absolute Gasteiger partial charge is 0.226 e. The summed E-state index contributed by atoms with van der Waals surface area (Å²) in [7, 11) is 0. The van der Waals surface area contributed by atoms with Gasteiger partial charge in [-0.25, -0.2) is 0 Å². The second-order valence-corrected chi connectivity index (χ2v) is 7.89. The number of hydrogen-bond acceptors (Lipinski definition) is 2. The van der Waals surface area contributed by atoms with Gasteiger partial charge in [0.2, 0.25) is 5.91 Å². The lowest BCUT2D eigenvalue weighted by Gasteiger charge is -2.45. The predicted molar refractivity (Wildman–Crippen MR) is 101 cm³/mol. The van der Waals surface area contributed by atoms with E-state index in [1.807, 2.05) is 4.90 Å². The molecule has 3 nitrogen and oxygen atoms in total. The van der Waals surface area contributed by atoms with Crippen molar-refractivity contribution in [2.24, 2.45) is 5.92 Å². The highest BCUT2D eigenvalue weighted by molar-refractivity contribution is 5.95. The number of carbonyl (C=O) groups excluding carboxylic acids is 1. The van der Waals surface area contributed by atoms with Crippen LogP contribution in [0.5, 0.6) is 0 Å². The number of carbonyl (C=O) groups is 1. The van der Waals surface area contributed by atoms with Gasteiger partial charge in [0.25, 0.3) is 0 Å². The van der Waals surface area contributed by atoms with Crippen molar-refractivity contribution in [1.82, 2.24) is 10.2 Å². The van der Waals surface area contributed by atoms with Crippen LogP contribution in [0.15, 0.2) is 48.5 Å². The monoisotopic (exact) mass is 332 g/mol. The molecule has 0 aromatic heterocycles. The zero-order valence-corrected chi connectivity index (χ0v) is 14.5. The molecule has 1 spiro atoms. The van der Waals surface area contributed by atoms with Crippen molar-refractivity contribution in [2.45, 2.75) is 31.2 Å². The van der Waals surface area contributed by atoms with Crippen LogP contribution in [0.25, 0.3) is 16.3 Å². The summed E-state index contributed by atoms with van der Waals surface area (Å²) < 4.78 is 0. The van der Waals surface area contributed by atoms with Crippen molar-refractivity contribution in [2.75, 3.05) is 19.6 Å². The van der Waals surface area contributed by atoms with Crippen LogP contribution in [-0.4, -0.2) is 36.0 Å². The van der Waals surface area contributed by atoms with E-state index < -0.39 is 0 Å². The van der Waals surface area contributed by atoms with Crippen molar-refractivity contribution in [3.63, 3.8) is 0 Å². The average molecular weight is 332 g/mol.